The molecule has 2 heterocycles. The fourth-order valence-electron chi connectivity index (χ4n) is 3.72. The van der Waals surface area contributed by atoms with E-state index in [1.165, 1.54) is 11.8 Å². The number of hydrogen-bond acceptors (Lipinski definition) is 6. The maximum atomic E-state index is 13.0. The molecule has 4 rings (SSSR count). The van der Waals surface area contributed by atoms with Crippen molar-refractivity contribution in [2.75, 3.05) is 0 Å². The van der Waals surface area contributed by atoms with Crippen LogP contribution in [0.3, 0.4) is 0 Å². The average Bonchev–Trinajstić information content (AvgIpc) is 3.42. The van der Waals surface area contributed by atoms with E-state index >= 15 is 0 Å². The first-order valence-electron chi connectivity index (χ1n) is 11.7. The van der Waals surface area contributed by atoms with Crippen molar-refractivity contribution >= 4 is 48.2 Å². The highest BCUT2D eigenvalue weighted by atomic mass is 32.2. The van der Waals surface area contributed by atoms with Gasteiger partial charge < -0.3 is 20.4 Å². The number of hydrogen-bond donors (Lipinski definition) is 3. The van der Waals surface area contributed by atoms with E-state index in [4.69, 9.17) is 10.2 Å². The van der Waals surface area contributed by atoms with Crippen molar-refractivity contribution < 1.29 is 18.8 Å². The monoisotopic (exact) mass is 535 g/mol. The van der Waals surface area contributed by atoms with E-state index < -0.39 is 17.4 Å². The highest BCUT2D eigenvalue weighted by Gasteiger charge is 2.34. The van der Waals surface area contributed by atoms with Crippen molar-refractivity contribution in [3.63, 3.8) is 0 Å². The molecule has 1 aromatic heterocycles. The largest absolute Gasteiger partial charge is 0.457 e. The Kier molecular flexibility index (Phi) is 7.85. The Bertz CT molecular complexity index is 1330. The first kappa shape index (κ1) is 26.6. The molecule has 3 aromatic rings. The summed E-state index contributed by atoms with van der Waals surface area (Å²) in [7, 11) is 0. The number of nitrogens with one attached hydrogen (secondary N) is 1. The Balaban J connectivity index is 1.47. The molecule has 0 bridgehead atoms. The van der Waals surface area contributed by atoms with Gasteiger partial charge in [-0.15, -0.1) is 12.6 Å². The van der Waals surface area contributed by atoms with Gasteiger partial charge in [0.25, 0.3) is 5.91 Å². The molecule has 2 aromatic carbocycles. The number of carbonyl (C=O) groups excluding carboxylic acids is 3. The van der Waals surface area contributed by atoms with Crippen molar-refractivity contribution in [1.82, 2.24) is 10.2 Å². The minimum Gasteiger partial charge on any atom is -0.457 e. The van der Waals surface area contributed by atoms with Gasteiger partial charge in [-0.1, -0.05) is 87.1 Å². The molecule has 0 radical (unpaired) electrons. The smallest absolute Gasteiger partial charge is 0.262 e. The molecular formula is C28H29N3O4S2. The fraction of sp³-hybridized carbons (Fsp3) is 0.250. The van der Waals surface area contributed by atoms with Crippen molar-refractivity contribution in [3.05, 3.63) is 88.5 Å². The first-order valence-corrected chi connectivity index (χ1v) is 13.1. The third kappa shape index (κ3) is 6.29. The third-order valence-corrected chi connectivity index (χ3v) is 7.44. The summed E-state index contributed by atoms with van der Waals surface area (Å²) >= 11 is 5.96. The van der Waals surface area contributed by atoms with E-state index in [0.717, 1.165) is 11.1 Å². The number of furan rings is 1. The molecule has 1 aliphatic rings. The average molecular weight is 536 g/mol. The number of thiol groups is 1. The Morgan fingerprint density at radius 1 is 1.11 bits per heavy atom. The number of thioether (sulfide) groups is 1. The Morgan fingerprint density at radius 3 is 2.41 bits per heavy atom. The lowest BCUT2D eigenvalue weighted by atomic mass is 9.94. The second-order valence-corrected chi connectivity index (χ2v) is 11.7. The van der Waals surface area contributed by atoms with Crippen LogP contribution < -0.4 is 11.1 Å². The molecule has 3 N–H and O–H groups in total. The van der Waals surface area contributed by atoms with Crippen LogP contribution in [0.5, 0.6) is 0 Å². The number of carbonyl (C=O) groups is 3. The topological polar surface area (TPSA) is 106 Å². The minimum absolute atomic E-state index is 0.0917. The molecule has 192 valence electrons. The van der Waals surface area contributed by atoms with Gasteiger partial charge in [0, 0.05) is 23.6 Å². The van der Waals surface area contributed by atoms with E-state index in [-0.39, 0.29) is 16.5 Å². The van der Waals surface area contributed by atoms with Gasteiger partial charge in [0.2, 0.25) is 11.8 Å². The lowest BCUT2D eigenvalue weighted by Crippen LogP contribution is -2.42. The van der Waals surface area contributed by atoms with Gasteiger partial charge in [0.15, 0.2) is 0 Å². The molecule has 3 amide bonds. The van der Waals surface area contributed by atoms with E-state index in [2.05, 4.69) is 17.9 Å². The van der Waals surface area contributed by atoms with Gasteiger partial charge in [-0.05, 0) is 23.3 Å². The molecule has 0 unspecified atom stereocenters. The molecule has 1 fully saturated rings. The van der Waals surface area contributed by atoms with E-state index in [1.807, 2.05) is 36.4 Å². The summed E-state index contributed by atoms with van der Waals surface area (Å²) in [5, 5.41) is 2.71. The Labute approximate surface area is 225 Å². The Morgan fingerprint density at radius 2 is 1.78 bits per heavy atom. The van der Waals surface area contributed by atoms with E-state index in [1.54, 1.807) is 62.1 Å². The third-order valence-electron chi connectivity index (χ3n) is 5.84. The van der Waals surface area contributed by atoms with E-state index in [9.17, 15) is 14.4 Å². The predicted octanol–water partition coefficient (Wildman–Crippen LogP) is 4.97. The zero-order valence-corrected chi connectivity index (χ0v) is 22.5. The van der Waals surface area contributed by atoms with Gasteiger partial charge in [0.05, 0.1) is 4.91 Å². The quantitative estimate of drug-likeness (QED) is 0.293. The second-order valence-electron chi connectivity index (χ2n) is 9.75. The van der Waals surface area contributed by atoms with Gasteiger partial charge >= 0.3 is 0 Å². The summed E-state index contributed by atoms with van der Waals surface area (Å²) in [6.45, 7) is 5.78. The second kappa shape index (κ2) is 10.9. The summed E-state index contributed by atoms with van der Waals surface area (Å²) in [5.74, 6) is 0.149. The van der Waals surface area contributed by atoms with E-state index in [0.29, 0.717) is 28.5 Å². The highest BCUT2D eigenvalue weighted by molar-refractivity contribution is 8.14. The molecule has 1 saturated heterocycles. The number of nitrogens with zero attached hydrogens (tertiary/aromatic N) is 1. The van der Waals surface area contributed by atoms with Crippen molar-refractivity contribution in [2.45, 2.75) is 38.1 Å². The lowest BCUT2D eigenvalue weighted by Gasteiger charge is -2.22. The molecule has 0 spiro atoms. The van der Waals surface area contributed by atoms with Crippen LogP contribution in [0.2, 0.25) is 0 Å². The normalized spacial score (nSPS) is 17.7. The molecular weight excluding hydrogens is 506 g/mol. The summed E-state index contributed by atoms with van der Waals surface area (Å²) < 4.78 is 5.70. The number of primary amides is 1. The van der Waals surface area contributed by atoms with Gasteiger partial charge in [-0.2, -0.15) is 0 Å². The SMILES string of the molecule is CC(C)(C)C(=O)N[C@@H](C(N)=O)c1ccc(-c2ccc(/C=C3\S[C@@H](S)N(Cc4ccccc4)C3=O)o2)cc1. The maximum Gasteiger partial charge on any atom is 0.262 e. The molecule has 9 heteroatoms. The van der Waals surface area contributed by atoms with Crippen LogP contribution in [0.1, 0.15) is 43.7 Å². The van der Waals surface area contributed by atoms with Crippen LogP contribution in [0.25, 0.3) is 17.4 Å². The van der Waals surface area contributed by atoms with Gasteiger partial charge in [-0.3, -0.25) is 14.4 Å². The summed E-state index contributed by atoms with van der Waals surface area (Å²) in [4.78, 5) is 39.6. The van der Waals surface area contributed by atoms with Crippen molar-refractivity contribution in [3.8, 4) is 11.3 Å². The summed E-state index contributed by atoms with van der Waals surface area (Å²) in [6, 6.07) is 19.5. The van der Waals surface area contributed by atoms with Crippen LogP contribution in [0.4, 0.5) is 0 Å². The van der Waals surface area contributed by atoms with Crippen LogP contribution in [0.15, 0.2) is 76.1 Å². The van der Waals surface area contributed by atoms with Crippen LogP contribution in [-0.2, 0) is 20.9 Å². The minimum atomic E-state index is -0.934. The van der Waals surface area contributed by atoms with Gasteiger partial charge in [0.1, 0.15) is 22.3 Å². The molecule has 0 aliphatic carbocycles. The molecule has 37 heavy (non-hydrogen) atoms. The standard InChI is InChI=1S/C28H29N3O4S2/c1-28(2,3)26(34)30-23(24(29)32)19-11-9-18(10-12-19)21-14-13-20(35-21)15-22-25(33)31(27(36)37-22)16-17-7-5-4-6-8-17/h4-15,23,27,36H,16H2,1-3H3,(H2,29,32)(H,30,34)/b22-15-/t23-,27-/m1/s1. The highest BCUT2D eigenvalue weighted by Crippen LogP contribution is 2.39. The number of benzene rings is 2. The summed E-state index contributed by atoms with van der Waals surface area (Å²) in [6.07, 6.45) is 1.73. The lowest BCUT2D eigenvalue weighted by molar-refractivity contribution is -0.132. The zero-order chi connectivity index (χ0) is 26.7. The molecule has 2 atom stereocenters. The predicted molar refractivity (Wildman–Crippen MR) is 149 cm³/mol. The fourth-order valence-corrected chi connectivity index (χ4v) is 5.17. The number of nitrogens with two attached hydrogens (primary N) is 1. The van der Waals surface area contributed by atoms with Crippen LogP contribution in [-0.4, -0.2) is 27.3 Å². The first-order chi connectivity index (χ1) is 17.5. The van der Waals surface area contributed by atoms with Crippen LogP contribution >= 0.6 is 24.4 Å². The number of rotatable bonds is 7. The molecule has 7 nitrogen and oxygen atoms in total. The number of amides is 3. The molecule has 0 saturated carbocycles. The Hall–Kier alpha value is -3.43. The molecule has 1 aliphatic heterocycles. The summed E-state index contributed by atoms with van der Waals surface area (Å²) in [5.41, 5.74) is 7.29. The van der Waals surface area contributed by atoms with Crippen LogP contribution in [0, 0.1) is 5.41 Å². The maximum absolute atomic E-state index is 13.0. The van der Waals surface area contributed by atoms with Gasteiger partial charge in [-0.25, -0.2) is 0 Å². The van der Waals surface area contributed by atoms with Crippen molar-refractivity contribution in [1.29, 1.82) is 0 Å². The zero-order valence-electron chi connectivity index (χ0n) is 20.8. The van der Waals surface area contributed by atoms with Crippen molar-refractivity contribution in [2.24, 2.45) is 11.1 Å².